The minimum Gasteiger partial charge on any atom is -0.359 e. The maximum absolute atomic E-state index is 5.33. The number of nitrogens with one attached hydrogen (secondary N) is 2. The van der Waals surface area contributed by atoms with Crippen molar-refractivity contribution in [2.75, 3.05) is 7.05 Å². The first-order chi connectivity index (χ1) is 12.2. The molecule has 0 saturated heterocycles. The monoisotopic (exact) mass is 337 g/mol. The molecule has 0 radical (unpaired) electrons. The first kappa shape index (κ1) is 17.0. The summed E-state index contributed by atoms with van der Waals surface area (Å²) in [6.07, 6.45) is 1.83. The summed E-state index contributed by atoms with van der Waals surface area (Å²) in [4.78, 5) is 8.73. The van der Waals surface area contributed by atoms with E-state index in [2.05, 4.69) is 51.7 Å². The van der Waals surface area contributed by atoms with E-state index in [1.165, 1.54) is 5.39 Å². The van der Waals surface area contributed by atoms with Gasteiger partial charge in [0.15, 0.2) is 11.7 Å². The number of hydrogen-bond acceptors (Lipinski definition) is 4. The van der Waals surface area contributed by atoms with Crippen molar-refractivity contribution in [3.8, 4) is 0 Å². The molecular formula is C19H23N5O. The van der Waals surface area contributed by atoms with Gasteiger partial charge in [0.2, 0.25) is 0 Å². The SMILES string of the molecule is CN=C(NCc1cc(C(C)C)no1)NCc1nccc2ccccc12. The Morgan fingerprint density at radius 3 is 2.72 bits per heavy atom. The van der Waals surface area contributed by atoms with Gasteiger partial charge in [0.1, 0.15) is 0 Å². The summed E-state index contributed by atoms with van der Waals surface area (Å²) >= 11 is 0. The standard InChI is InChI=1S/C19H23N5O/c1-13(2)17-10-15(25-24-17)11-22-19(20-3)23-12-18-16-7-5-4-6-14(16)8-9-21-18/h4-10,13H,11-12H2,1-3H3,(H2,20,22,23). The molecule has 2 N–H and O–H groups in total. The molecule has 0 aliphatic heterocycles. The number of aliphatic imine (C=N–C) groups is 1. The quantitative estimate of drug-likeness (QED) is 0.552. The zero-order valence-electron chi connectivity index (χ0n) is 14.8. The molecule has 25 heavy (non-hydrogen) atoms. The van der Waals surface area contributed by atoms with E-state index in [0.717, 1.165) is 22.5 Å². The summed E-state index contributed by atoms with van der Waals surface area (Å²) < 4.78 is 5.33. The number of benzene rings is 1. The lowest BCUT2D eigenvalue weighted by atomic mass is 10.1. The van der Waals surface area contributed by atoms with Crippen molar-refractivity contribution >= 4 is 16.7 Å². The average molecular weight is 337 g/mol. The number of hydrogen-bond donors (Lipinski definition) is 2. The molecule has 2 aromatic heterocycles. The van der Waals surface area contributed by atoms with Gasteiger partial charge in [0.25, 0.3) is 0 Å². The van der Waals surface area contributed by atoms with E-state index in [9.17, 15) is 0 Å². The van der Waals surface area contributed by atoms with Gasteiger partial charge in [-0.2, -0.15) is 0 Å². The molecular weight excluding hydrogens is 314 g/mol. The minimum atomic E-state index is 0.354. The summed E-state index contributed by atoms with van der Waals surface area (Å²) in [5.74, 6) is 1.83. The van der Waals surface area contributed by atoms with Gasteiger partial charge in [-0.25, -0.2) is 0 Å². The molecule has 6 nitrogen and oxygen atoms in total. The molecule has 0 bridgehead atoms. The van der Waals surface area contributed by atoms with Crippen molar-refractivity contribution < 1.29 is 4.52 Å². The third-order valence-corrected chi connectivity index (χ3v) is 4.00. The van der Waals surface area contributed by atoms with Crippen LogP contribution >= 0.6 is 0 Å². The lowest BCUT2D eigenvalue weighted by Gasteiger charge is -2.11. The van der Waals surface area contributed by atoms with E-state index >= 15 is 0 Å². The first-order valence-corrected chi connectivity index (χ1v) is 8.40. The minimum absolute atomic E-state index is 0.354. The van der Waals surface area contributed by atoms with Crippen molar-refractivity contribution in [2.45, 2.75) is 32.9 Å². The molecule has 0 aliphatic carbocycles. The number of aromatic nitrogens is 2. The van der Waals surface area contributed by atoms with Crippen LogP contribution in [0.4, 0.5) is 0 Å². The fourth-order valence-corrected chi connectivity index (χ4v) is 2.57. The van der Waals surface area contributed by atoms with E-state index in [4.69, 9.17) is 4.52 Å². The Bertz CT molecular complexity index is 864. The lowest BCUT2D eigenvalue weighted by Crippen LogP contribution is -2.36. The van der Waals surface area contributed by atoms with Gasteiger partial charge in [-0.15, -0.1) is 0 Å². The van der Waals surface area contributed by atoms with E-state index in [0.29, 0.717) is 25.0 Å². The zero-order valence-corrected chi connectivity index (χ0v) is 14.8. The van der Waals surface area contributed by atoms with Crippen LogP contribution in [-0.2, 0) is 13.1 Å². The first-order valence-electron chi connectivity index (χ1n) is 8.40. The predicted molar refractivity (Wildman–Crippen MR) is 99.4 cm³/mol. The molecule has 1 aromatic carbocycles. The maximum Gasteiger partial charge on any atom is 0.191 e. The van der Waals surface area contributed by atoms with E-state index in [1.54, 1.807) is 7.05 Å². The van der Waals surface area contributed by atoms with Crippen LogP contribution in [0.3, 0.4) is 0 Å². The summed E-state index contributed by atoms with van der Waals surface area (Å²) in [5, 5.41) is 12.9. The molecule has 0 atom stereocenters. The van der Waals surface area contributed by atoms with Crippen molar-refractivity contribution in [1.82, 2.24) is 20.8 Å². The number of fused-ring (bicyclic) bond motifs is 1. The summed E-state index contributed by atoms with van der Waals surface area (Å²) in [6, 6.07) is 12.2. The highest BCUT2D eigenvalue weighted by molar-refractivity contribution is 5.85. The third kappa shape index (κ3) is 4.15. The second-order valence-electron chi connectivity index (χ2n) is 6.13. The van der Waals surface area contributed by atoms with Gasteiger partial charge >= 0.3 is 0 Å². The van der Waals surface area contributed by atoms with Crippen LogP contribution in [-0.4, -0.2) is 23.1 Å². The largest absolute Gasteiger partial charge is 0.359 e. The van der Waals surface area contributed by atoms with Gasteiger partial charge in [-0.05, 0) is 17.4 Å². The number of rotatable bonds is 5. The van der Waals surface area contributed by atoms with Crippen molar-refractivity contribution in [2.24, 2.45) is 4.99 Å². The van der Waals surface area contributed by atoms with Gasteiger partial charge in [-0.3, -0.25) is 9.98 Å². The normalized spacial score (nSPS) is 11.9. The van der Waals surface area contributed by atoms with Crippen molar-refractivity contribution in [3.05, 3.63) is 59.7 Å². The highest BCUT2D eigenvalue weighted by atomic mass is 16.5. The summed E-state index contributed by atoms with van der Waals surface area (Å²) in [6.45, 7) is 5.30. The van der Waals surface area contributed by atoms with Gasteiger partial charge in [0, 0.05) is 24.7 Å². The van der Waals surface area contributed by atoms with Gasteiger partial charge in [0.05, 0.1) is 24.5 Å². The van der Waals surface area contributed by atoms with Gasteiger partial charge < -0.3 is 15.2 Å². The second-order valence-corrected chi connectivity index (χ2v) is 6.13. The van der Waals surface area contributed by atoms with Crippen LogP contribution < -0.4 is 10.6 Å². The van der Waals surface area contributed by atoms with Crippen LogP contribution in [0.2, 0.25) is 0 Å². The van der Waals surface area contributed by atoms with Crippen molar-refractivity contribution in [1.29, 1.82) is 0 Å². The Labute approximate surface area is 147 Å². The Balaban J connectivity index is 1.60. The molecule has 3 aromatic rings. The summed E-state index contributed by atoms with van der Waals surface area (Å²) in [7, 11) is 1.74. The van der Waals surface area contributed by atoms with Crippen LogP contribution in [0, 0.1) is 0 Å². The summed E-state index contributed by atoms with van der Waals surface area (Å²) in [5.41, 5.74) is 1.95. The Morgan fingerprint density at radius 2 is 1.96 bits per heavy atom. The molecule has 2 heterocycles. The second kappa shape index (κ2) is 7.79. The molecule has 0 amide bonds. The average Bonchev–Trinajstić information content (AvgIpc) is 3.11. The van der Waals surface area contributed by atoms with Crippen LogP contribution in [0.25, 0.3) is 10.8 Å². The van der Waals surface area contributed by atoms with E-state index < -0.39 is 0 Å². The van der Waals surface area contributed by atoms with E-state index in [1.807, 2.05) is 30.5 Å². The molecule has 0 saturated carbocycles. The number of nitrogens with zero attached hydrogens (tertiary/aromatic N) is 3. The van der Waals surface area contributed by atoms with Gasteiger partial charge in [-0.1, -0.05) is 43.3 Å². The Hall–Kier alpha value is -2.89. The fraction of sp³-hybridized carbons (Fsp3) is 0.316. The predicted octanol–water partition coefficient (Wildman–Crippen LogP) is 3.21. The molecule has 130 valence electrons. The Morgan fingerprint density at radius 1 is 1.16 bits per heavy atom. The zero-order chi connectivity index (χ0) is 17.6. The topological polar surface area (TPSA) is 75.3 Å². The highest BCUT2D eigenvalue weighted by Crippen LogP contribution is 2.16. The van der Waals surface area contributed by atoms with Crippen LogP contribution in [0.15, 0.2) is 52.1 Å². The van der Waals surface area contributed by atoms with Crippen molar-refractivity contribution in [3.63, 3.8) is 0 Å². The highest BCUT2D eigenvalue weighted by Gasteiger charge is 2.08. The third-order valence-electron chi connectivity index (χ3n) is 4.00. The maximum atomic E-state index is 5.33. The smallest absolute Gasteiger partial charge is 0.191 e. The number of pyridine rings is 1. The molecule has 0 fully saturated rings. The molecule has 0 unspecified atom stereocenters. The molecule has 0 aliphatic rings. The molecule has 0 spiro atoms. The lowest BCUT2D eigenvalue weighted by molar-refractivity contribution is 0.372. The van der Waals surface area contributed by atoms with Crippen LogP contribution in [0.1, 0.15) is 36.9 Å². The number of guanidine groups is 1. The Kier molecular flexibility index (Phi) is 5.28. The molecule has 6 heteroatoms. The van der Waals surface area contributed by atoms with E-state index in [-0.39, 0.29) is 0 Å². The van der Waals surface area contributed by atoms with Crippen LogP contribution in [0.5, 0.6) is 0 Å². The fourth-order valence-electron chi connectivity index (χ4n) is 2.57. The molecule has 3 rings (SSSR count).